The molecule has 0 aliphatic rings. The molecule has 0 aliphatic carbocycles. The number of halogens is 2. The van der Waals surface area contributed by atoms with Crippen LogP contribution in [0, 0.1) is 5.82 Å². The Morgan fingerprint density at radius 2 is 1.95 bits per heavy atom. The van der Waals surface area contributed by atoms with Crippen molar-refractivity contribution in [3.63, 3.8) is 0 Å². The quantitative estimate of drug-likeness (QED) is 0.865. The predicted molar refractivity (Wildman–Crippen MR) is 75.1 cm³/mol. The summed E-state index contributed by atoms with van der Waals surface area (Å²) in [6.45, 7) is 5.22. The molecule has 0 aliphatic heterocycles. The molecule has 0 heterocycles. The fourth-order valence-electron chi connectivity index (χ4n) is 1.43. The number of amides is 1. The molecule has 20 heavy (non-hydrogen) atoms. The molecule has 0 saturated carbocycles. The number of carbonyl (C=O) groups is 2. The Morgan fingerprint density at radius 1 is 1.30 bits per heavy atom. The molecular formula is C14H17ClFNO3. The molecule has 4 nitrogen and oxygen atoms in total. The second-order valence-electron chi connectivity index (χ2n) is 5.23. The van der Waals surface area contributed by atoms with Crippen molar-refractivity contribution in [2.75, 3.05) is 5.32 Å². The highest BCUT2D eigenvalue weighted by atomic mass is 35.5. The zero-order valence-corrected chi connectivity index (χ0v) is 12.4. The summed E-state index contributed by atoms with van der Waals surface area (Å²) >= 11 is 5.78. The zero-order chi connectivity index (χ0) is 15.3. The standard InChI is InChI=1S/C14H17ClFNO3/c1-14(2,3)20-12(19)8-7-11(18)17-13-9(15)5-4-6-10(13)16/h4-6H,7-8H2,1-3H3,(H,17,18). The highest BCUT2D eigenvalue weighted by molar-refractivity contribution is 6.33. The minimum atomic E-state index is -0.622. The molecule has 0 aromatic heterocycles. The third-order valence-electron chi connectivity index (χ3n) is 2.20. The van der Waals surface area contributed by atoms with Crippen LogP contribution in [0.2, 0.25) is 5.02 Å². The van der Waals surface area contributed by atoms with E-state index in [0.717, 1.165) is 0 Å². The maximum Gasteiger partial charge on any atom is 0.306 e. The van der Waals surface area contributed by atoms with Gasteiger partial charge in [0, 0.05) is 6.42 Å². The molecule has 0 unspecified atom stereocenters. The van der Waals surface area contributed by atoms with Gasteiger partial charge in [0.1, 0.15) is 11.4 Å². The molecule has 1 aromatic rings. The molecule has 0 radical (unpaired) electrons. The lowest BCUT2D eigenvalue weighted by Gasteiger charge is -2.19. The smallest absolute Gasteiger partial charge is 0.306 e. The third kappa shape index (κ3) is 5.57. The zero-order valence-electron chi connectivity index (χ0n) is 11.6. The van der Waals surface area contributed by atoms with Crippen molar-refractivity contribution in [1.82, 2.24) is 0 Å². The van der Waals surface area contributed by atoms with E-state index >= 15 is 0 Å². The average Bonchev–Trinajstić information content (AvgIpc) is 2.29. The summed E-state index contributed by atoms with van der Waals surface area (Å²) in [4.78, 5) is 23.1. The topological polar surface area (TPSA) is 55.4 Å². The van der Waals surface area contributed by atoms with E-state index in [0.29, 0.717) is 0 Å². The summed E-state index contributed by atoms with van der Waals surface area (Å²) in [5, 5.41) is 2.45. The van der Waals surface area contributed by atoms with Crippen LogP contribution in [0.1, 0.15) is 33.6 Å². The van der Waals surface area contributed by atoms with Gasteiger partial charge in [0.15, 0.2) is 0 Å². The highest BCUT2D eigenvalue weighted by Crippen LogP contribution is 2.24. The lowest BCUT2D eigenvalue weighted by molar-refractivity contribution is -0.155. The van der Waals surface area contributed by atoms with E-state index in [4.69, 9.17) is 16.3 Å². The average molecular weight is 302 g/mol. The second-order valence-corrected chi connectivity index (χ2v) is 5.64. The first-order valence-electron chi connectivity index (χ1n) is 6.15. The van der Waals surface area contributed by atoms with Gasteiger partial charge in [-0.3, -0.25) is 9.59 Å². The maximum absolute atomic E-state index is 13.4. The van der Waals surface area contributed by atoms with Crippen molar-refractivity contribution < 1.29 is 18.7 Å². The molecule has 1 N–H and O–H groups in total. The Balaban J connectivity index is 2.51. The van der Waals surface area contributed by atoms with Gasteiger partial charge in [-0.2, -0.15) is 0 Å². The molecule has 0 fully saturated rings. The van der Waals surface area contributed by atoms with Crippen LogP contribution in [0.25, 0.3) is 0 Å². The first-order chi connectivity index (χ1) is 9.19. The SMILES string of the molecule is CC(C)(C)OC(=O)CCC(=O)Nc1c(F)cccc1Cl. The van der Waals surface area contributed by atoms with E-state index in [1.165, 1.54) is 18.2 Å². The molecule has 1 rings (SSSR count). The number of rotatable bonds is 4. The number of ether oxygens (including phenoxy) is 1. The van der Waals surface area contributed by atoms with Crippen LogP contribution in [0.15, 0.2) is 18.2 Å². The van der Waals surface area contributed by atoms with Crippen molar-refractivity contribution in [2.45, 2.75) is 39.2 Å². The van der Waals surface area contributed by atoms with Crippen molar-refractivity contribution in [2.24, 2.45) is 0 Å². The Bertz CT molecular complexity index is 491. The van der Waals surface area contributed by atoms with Gasteiger partial charge in [-0.25, -0.2) is 4.39 Å². The van der Waals surface area contributed by atoms with Crippen molar-refractivity contribution >= 4 is 29.2 Å². The first-order valence-corrected chi connectivity index (χ1v) is 6.52. The third-order valence-corrected chi connectivity index (χ3v) is 2.52. The Labute approximate surface area is 122 Å². The molecule has 0 saturated heterocycles. The van der Waals surface area contributed by atoms with Gasteiger partial charge in [0.05, 0.1) is 17.1 Å². The van der Waals surface area contributed by atoms with Crippen molar-refractivity contribution in [3.05, 3.63) is 29.0 Å². The summed E-state index contributed by atoms with van der Waals surface area (Å²) in [6, 6.07) is 4.09. The number of benzene rings is 1. The van der Waals surface area contributed by atoms with E-state index in [2.05, 4.69) is 5.32 Å². The van der Waals surface area contributed by atoms with Gasteiger partial charge < -0.3 is 10.1 Å². The van der Waals surface area contributed by atoms with E-state index in [1.807, 2.05) is 0 Å². The number of para-hydroxylation sites is 1. The first kappa shape index (κ1) is 16.4. The van der Waals surface area contributed by atoms with Crippen LogP contribution in [-0.2, 0) is 14.3 Å². The van der Waals surface area contributed by atoms with Crippen LogP contribution in [0.4, 0.5) is 10.1 Å². The van der Waals surface area contributed by atoms with E-state index in [1.54, 1.807) is 20.8 Å². The number of esters is 1. The lowest BCUT2D eigenvalue weighted by atomic mass is 10.2. The maximum atomic E-state index is 13.4. The molecule has 0 bridgehead atoms. The minimum absolute atomic E-state index is 0.0742. The van der Waals surface area contributed by atoms with Crippen LogP contribution in [-0.4, -0.2) is 17.5 Å². The molecule has 0 spiro atoms. The van der Waals surface area contributed by atoms with Crippen LogP contribution in [0.3, 0.4) is 0 Å². The van der Waals surface area contributed by atoms with Crippen LogP contribution in [0.5, 0.6) is 0 Å². The molecule has 1 amide bonds. The second kappa shape index (κ2) is 6.70. The fraction of sp³-hybridized carbons (Fsp3) is 0.429. The fourth-order valence-corrected chi connectivity index (χ4v) is 1.64. The molecule has 6 heteroatoms. The Morgan fingerprint density at radius 3 is 2.50 bits per heavy atom. The molecule has 1 aromatic carbocycles. The van der Waals surface area contributed by atoms with E-state index in [-0.39, 0.29) is 23.6 Å². The summed E-state index contributed by atoms with van der Waals surface area (Å²) in [5.41, 5.74) is -0.675. The lowest BCUT2D eigenvalue weighted by Crippen LogP contribution is -2.24. The Hall–Kier alpha value is -1.62. The molecular weight excluding hydrogens is 285 g/mol. The normalized spacial score (nSPS) is 11.1. The van der Waals surface area contributed by atoms with E-state index in [9.17, 15) is 14.0 Å². The van der Waals surface area contributed by atoms with Gasteiger partial charge in [-0.1, -0.05) is 17.7 Å². The monoisotopic (exact) mass is 301 g/mol. The number of nitrogens with one attached hydrogen (secondary N) is 1. The van der Waals surface area contributed by atoms with Crippen molar-refractivity contribution in [3.8, 4) is 0 Å². The van der Waals surface area contributed by atoms with Crippen molar-refractivity contribution in [1.29, 1.82) is 0 Å². The number of anilines is 1. The van der Waals surface area contributed by atoms with Gasteiger partial charge in [0.2, 0.25) is 5.91 Å². The summed E-state index contributed by atoms with van der Waals surface area (Å²) in [6.07, 6.45) is -0.172. The predicted octanol–water partition coefficient (Wildman–Crippen LogP) is 3.54. The largest absolute Gasteiger partial charge is 0.460 e. The number of hydrogen-bond donors (Lipinski definition) is 1. The van der Waals surface area contributed by atoms with Gasteiger partial charge in [0.25, 0.3) is 0 Å². The van der Waals surface area contributed by atoms with Gasteiger partial charge in [-0.15, -0.1) is 0 Å². The summed E-state index contributed by atoms with van der Waals surface area (Å²) in [7, 11) is 0. The molecule has 0 atom stereocenters. The van der Waals surface area contributed by atoms with E-state index < -0.39 is 23.3 Å². The number of carbonyl (C=O) groups excluding carboxylic acids is 2. The summed E-state index contributed by atoms with van der Waals surface area (Å²) < 4.78 is 18.5. The summed E-state index contributed by atoms with van der Waals surface area (Å²) in [5.74, 6) is -1.60. The Kier molecular flexibility index (Phi) is 5.51. The van der Waals surface area contributed by atoms with Crippen LogP contribution < -0.4 is 5.32 Å². The van der Waals surface area contributed by atoms with Gasteiger partial charge >= 0.3 is 5.97 Å². The minimum Gasteiger partial charge on any atom is -0.460 e. The van der Waals surface area contributed by atoms with Gasteiger partial charge in [-0.05, 0) is 32.9 Å². The highest BCUT2D eigenvalue weighted by Gasteiger charge is 2.18. The number of hydrogen-bond acceptors (Lipinski definition) is 3. The van der Waals surface area contributed by atoms with Crippen LogP contribution >= 0.6 is 11.6 Å². The molecule has 110 valence electrons.